The molecule has 1 atom stereocenters. The zero-order valence-electron chi connectivity index (χ0n) is 18.3. The molecule has 1 aliphatic rings. The molecule has 1 unspecified atom stereocenters. The van der Waals surface area contributed by atoms with E-state index in [0.717, 1.165) is 0 Å². The Morgan fingerprint density at radius 1 is 0.971 bits per heavy atom. The van der Waals surface area contributed by atoms with Crippen LogP contribution in [0.1, 0.15) is 17.4 Å². The maximum atomic E-state index is 13.2. The highest BCUT2D eigenvalue weighted by Gasteiger charge is 2.48. The van der Waals surface area contributed by atoms with Crippen LogP contribution in [0.4, 0.5) is 5.69 Å². The second-order valence-corrected chi connectivity index (χ2v) is 8.01. The summed E-state index contributed by atoms with van der Waals surface area (Å²) in [4.78, 5) is 27.6. The maximum Gasteiger partial charge on any atom is 0.300 e. The third-order valence-electron chi connectivity index (χ3n) is 5.38. The average Bonchev–Trinajstić information content (AvgIpc) is 3.45. The number of benzene rings is 2. The molecule has 0 spiro atoms. The SMILES string of the molecule is COc1ccc(N2C(=O)C(=O)/C(=C(\O)c3cc(Cl)c(OC)c(Cl)c3)C2c2ccco2)cc1OC. The van der Waals surface area contributed by atoms with E-state index in [1.165, 1.54) is 44.6 Å². The lowest BCUT2D eigenvalue weighted by Gasteiger charge is -2.24. The van der Waals surface area contributed by atoms with Crippen LogP contribution in [-0.2, 0) is 9.59 Å². The Labute approximate surface area is 204 Å². The monoisotopic (exact) mass is 503 g/mol. The topological polar surface area (TPSA) is 98.4 Å². The average molecular weight is 504 g/mol. The molecule has 0 aliphatic carbocycles. The number of hydrogen-bond acceptors (Lipinski definition) is 7. The van der Waals surface area contributed by atoms with Gasteiger partial charge in [0.05, 0.1) is 43.2 Å². The van der Waals surface area contributed by atoms with E-state index in [1.807, 2.05) is 0 Å². The standard InChI is InChI=1S/C24H19Cl2NO7/c1-31-16-7-6-13(11-18(16)32-2)27-20(17-5-4-8-34-17)19(22(29)24(27)30)21(28)12-9-14(25)23(33-3)15(26)10-12/h4-11,20,28H,1-3H3/b21-19-. The van der Waals surface area contributed by atoms with Crippen LogP contribution in [0.15, 0.2) is 58.7 Å². The van der Waals surface area contributed by atoms with E-state index in [2.05, 4.69) is 0 Å². The highest BCUT2D eigenvalue weighted by molar-refractivity contribution is 6.51. The molecule has 2 heterocycles. The molecule has 10 heteroatoms. The molecular weight excluding hydrogens is 485 g/mol. The molecule has 1 fully saturated rings. The van der Waals surface area contributed by atoms with Crippen LogP contribution in [0.3, 0.4) is 0 Å². The second-order valence-electron chi connectivity index (χ2n) is 7.20. The van der Waals surface area contributed by atoms with Crippen LogP contribution in [0, 0.1) is 0 Å². The van der Waals surface area contributed by atoms with Crippen molar-refractivity contribution in [1.29, 1.82) is 0 Å². The van der Waals surface area contributed by atoms with Crippen molar-refractivity contribution in [2.45, 2.75) is 6.04 Å². The summed E-state index contributed by atoms with van der Waals surface area (Å²) in [6.07, 6.45) is 1.41. The number of carbonyl (C=O) groups excluding carboxylic acids is 2. The smallest absolute Gasteiger partial charge is 0.300 e. The summed E-state index contributed by atoms with van der Waals surface area (Å²) in [5.74, 6) is -0.949. The molecule has 1 aromatic heterocycles. The van der Waals surface area contributed by atoms with Gasteiger partial charge in [0.15, 0.2) is 17.2 Å². The van der Waals surface area contributed by atoms with Gasteiger partial charge in [-0.2, -0.15) is 0 Å². The number of aliphatic hydroxyl groups excluding tert-OH is 1. The number of furan rings is 1. The first-order valence-electron chi connectivity index (χ1n) is 9.92. The van der Waals surface area contributed by atoms with Crippen LogP contribution in [0.25, 0.3) is 5.76 Å². The molecule has 1 amide bonds. The second kappa shape index (κ2) is 9.32. The Morgan fingerprint density at radius 2 is 1.65 bits per heavy atom. The first kappa shape index (κ1) is 23.5. The van der Waals surface area contributed by atoms with Crippen molar-refractivity contribution >= 4 is 46.3 Å². The zero-order chi connectivity index (χ0) is 24.6. The lowest BCUT2D eigenvalue weighted by molar-refractivity contribution is -0.132. The number of nitrogens with zero attached hydrogens (tertiary/aromatic N) is 1. The Bertz CT molecular complexity index is 1280. The van der Waals surface area contributed by atoms with Crippen molar-refractivity contribution in [3.8, 4) is 17.2 Å². The molecule has 0 bridgehead atoms. The highest BCUT2D eigenvalue weighted by atomic mass is 35.5. The summed E-state index contributed by atoms with van der Waals surface area (Å²) in [5.41, 5.74) is 0.288. The van der Waals surface area contributed by atoms with Gasteiger partial charge in [0.2, 0.25) is 0 Å². The van der Waals surface area contributed by atoms with Gasteiger partial charge in [0.1, 0.15) is 17.6 Å². The molecule has 0 saturated carbocycles. The number of methoxy groups -OCH3 is 3. The molecule has 3 aromatic rings. The predicted molar refractivity (Wildman–Crippen MR) is 126 cm³/mol. The zero-order valence-corrected chi connectivity index (χ0v) is 19.8. The quantitative estimate of drug-likeness (QED) is 0.279. The van der Waals surface area contributed by atoms with Gasteiger partial charge in [-0.05, 0) is 36.4 Å². The molecule has 0 radical (unpaired) electrons. The van der Waals surface area contributed by atoms with Gasteiger partial charge >= 0.3 is 0 Å². The van der Waals surface area contributed by atoms with Gasteiger partial charge in [0, 0.05) is 17.3 Å². The molecule has 8 nitrogen and oxygen atoms in total. The summed E-state index contributed by atoms with van der Waals surface area (Å²) in [6, 6.07) is 9.71. The van der Waals surface area contributed by atoms with Crippen molar-refractivity contribution in [1.82, 2.24) is 0 Å². The number of halogens is 2. The minimum atomic E-state index is -1.06. The number of Topliss-reactive ketones (excluding diaryl/α,β-unsaturated/α-hetero) is 1. The Balaban J connectivity index is 1.92. The molecule has 1 aliphatic heterocycles. The van der Waals surface area contributed by atoms with Gasteiger partial charge in [-0.3, -0.25) is 14.5 Å². The van der Waals surface area contributed by atoms with Crippen LogP contribution in [-0.4, -0.2) is 38.1 Å². The lowest BCUT2D eigenvalue weighted by atomic mass is 9.99. The van der Waals surface area contributed by atoms with Crippen LogP contribution < -0.4 is 19.1 Å². The first-order valence-corrected chi connectivity index (χ1v) is 10.7. The van der Waals surface area contributed by atoms with Gasteiger partial charge in [-0.1, -0.05) is 23.2 Å². The molecule has 1 saturated heterocycles. The molecule has 2 aromatic carbocycles. The van der Waals surface area contributed by atoms with E-state index in [4.69, 9.17) is 41.8 Å². The fourth-order valence-corrected chi connectivity index (χ4v) is 4.48. The highest BCUT2D eigenvalue weighted by Crippen LogP contribution is 2.45. The number of ketones is 1. The van der Waals surface area contributed by atoms with E-state index >= 15 is 0 Å². The molecular formula is C24H19Cl2NO7. The Kier molecular flexibility index (Phi) is 6.45. The van der Waals surface area contributed by atoms with E-state index < -0.39 is 23.5 Å². The van der Waals surface area contributed by atoms with Crippen molar-refractivity contribution in [3.63, 3.8) is 0 Å². The fraction of sp³-hybridized carbons (Fsp3) is 0.167. The summed E-state index contributed by atoms with van der Waals surface area (Å²) in [7, 11) is 4.34. The third-order valence-corrected chi connectivity index (χ3v) is 5.94. The van der Waals surface area contributed by atoms with Crippen LogP contribution >= 0.6 is 23.2 Å². The molecule has 1 N–H and O–H groups in total. The van der Waals surface area contributed by atoms with E-state index in [-0.39, 0.29) is 32.7 Å². The van der Waals surface area contributed by atoms with Crippen molar-refractivity contribution in [3.05, 3.63) is 75.7 Å². The molecule has 176 valence electrons. The maximum absolute atomic E-state index is 13.2. The van der Waals surface area contributed by atoms with Crippen LogP contribution in [0.2, 0.25) is 10.0 Å². The largest absolute Gasteiger partial charge is 0.507 e. The summed E-state index contributed by atoms with van der Waals surface area (Å²) in [5, 5.41) is 11.4. The van der Waals surface area contributed by atoms with Crippen LogP contribution in [0.5, 0.6) is 17.2 Å². The number of amides is 1. The minimum absolute atomic E-state index is 0.125. The summed E-state index contributed by atoms with van der Waals surface area (Å²) in [6.45, 7) is 0. The fourth-order valence-electron chi connectivity index (χ4n) is 3.84. The van der Waals surface area contributed by atoms with Gasteiger partial charge in [-0.15, -0.1) is 0 Å². The normalized spacial score (nSPS) is 17.2. The van der Waals surface area contributed by atoms with Crippen molar-refractivity contribution in [2.75, 3.05) is 26.2 Å². The van der Waals surface area contributed by atoms with E-state index in [0.29, 0.717) is 17.2 Å². The Morgan fingerprint density at radius 3 is 2.21 bits per heavy atom. The molecule has 4 rings (SSSR count). The number of carbonyl (C=O) groups is 2. The number of hydrogen-bond donors (Lipinski definition) is 1. The van der Waals surface area contributed by atoms with Crippen molar-refractivity contribution in [2.24, 2.45) is 0 Å². The number of rotatable bonds is 6. The van der Waals surface area contributed by atoms with Gasteiger partial charge in [-0.25, -0.2) is 0 Å². The number of aliphatic hydroxyl groups is 1. The summed E-state index contributed by atoms with van der Waals surface area (Å²) >= 11 is 12.4. The number of ether oxygens (including phenoxy) is 3. The van der Waals surface area contributed by atoms with E-state index in [1.54, 1.807) is 30.3 Å². The minimum Gasteiger partial charge on any atom is -0.507 e. The van der Waals surface area contributed by atoms with Crippen molar-refractivity contribution < 1.29 is 33.3 Å². The Hall–Kier alpha value is -3.62. The van der Waals surface area contributed by atoms with Gasteiger partial charge < -0.3 is 23.7 Å². The molecule has 34 heavy (non-hydrogen) atoms. The predicted octanol–water partition coefficient (Wildman–Crippen LogP) is 5.24. The summed E-state index contributed by atoms with van der Waals surface area (Å²) < 4.78 is 21.3. The number of anilines is 1. The van der Waals surface area contributed by atoms with E-state index in [9.17, 15) is 14.7 Å². The third kappa shape index (κ3) is 3.85. The van der Waals surface area contributed by atoms with Gasteiger partial charge in [0.25, 0.3) is 11.7 Å². The lowest BCUT2D eigenvalue weighted by Crippen LogP contribution is -2.29. The first-order chi connectivity index (χ1) is 16.3.